The maximum absolute atomic E-state index is 11.8. The number of carbonyl (C=O) groups is 1. The molecule has 0 saturated carbocycles. The second-order valence-electron chi connectivity index (χ2n) is 3.90. The van der Waals surface area contributed by atoms with E-state index in [1.54, 1.807) is 24.3 Å². The first kappa shape index (κ1) is 11.9. The van der Waals surface area contributed by atoms with Crippen LogP contribution < -0.4 is 11.1 Å². The fraction of sp³-hybridized carbons (Fsp3) is 0.417. The first-order chi connectivity index (χ1) is 8.25. The smallest absolute Gasteiger partial charge is 0.251 e. The summed E-state index contributed by atoms with van der Waals surface area (Å²) in [6.45, 7) is 2.18. The van der Waals surface area contributed by atoms with Gasteiger partial charge in [-0.05, 0) is 18.2 Å². The minimum atomic E-state index is -0.147. The van der Waals surface area contributed by atoms with E-state index in [4.69, 9.17) is 15.2 Å². The molecule has 1 heterocycles. The number of hydrogen-bond donors (Lipinski definition) is 2. The zero-order valence-corrected chi connectivity index (χ0v) is 9.52. The molecular weight excluding hydrogens is 220 g/mol. The molecule has 1 unspecified atom stereocenters. The highest BCUT2D eigenvalue weighted by atomic mass is 16.6. The molecule has 1 amide bonds. The molecule has 1 fully saturated rings. The molecule has 0 aromatic heterocycles. The van der Waals surface area contributed by atoms with Crippen LogP contribution in [0.4, 0.5) is 5.69 Å². The summed E-state index contributed by atoms with van der Waals surface area (Å²) >= 11 is 0. The lowest BCUT2D eigenvalue weighted by Crippen LogP contribution is -2.39. The van der Waals surface area contributed by atoms with Crippen LogP contribution in [0, 0.1) is 0 Å². The van der Waals surface area contributed by atoms with Crippen molar-refractivity contribution in [2.75, 3.05) is 32.1 Å². The van der Waals surface area contributed by atoms with Gasteiger partial charge in [-0.1, -0.05) is 6.07 Å². The highest BCUT2D eigenvalue weighted by Gasteiger charge is 2.15. The minimum absolute atomic E-state index is 0.0613. The number of nitrogen functional groups attached to an aromatic ring is 1. The zero-order chi connectivity index (χ0) is 12.1. The van der Waals surface area contributed by atoms with Gasteiger partial charge >= 0.3 is 0 Å². The quantitative estimate of drug-likeness (QED) is 0.746. The Hall–Kier alpha value is -1.59. The van der Waals surface area contributed by atoms with Crippen molar-refractivity contribution in [1.29, 1.82) is 0 Å². The van der Waals surface area contributed by atoms with Crippen LogP contribution >= 0.6 is 0 Å². The number of hydrogen-bond acceptors (Lipinski definition) is 4. The highest BCUT2D eigenvalue weighted by molar-refractivity contribution is 5.94. The molecule has 0 aliphatic carbocycles. The Balaban J connectivity index is 1.84. The van der Waals surface area contributed by atoms with Gasteiger partial charge in [0.2, 0.25) is 0 Å². The van der Waals surface area contributed by atoms with E-state index in [9.17, 15) is 4.79 Å². The monoisotopic (exact) mass is 236 g/mol. The average Bonchev–Trinajstić information content (AvgIpc) is 2.37. The number of benzene rings is 1. The van der Waals surface area contributed by atoms with Crippen LogP contribution in [0.25, 0.3) is 0 Å². The Morgan fingerprint density at radius 3 is 3.06 bits per heavy atom. The molecule has 1 saturated heterocycles. The van der Waals surface area contributed by atoms with Crippen molar-refractivity contribution in [2.45, 2.75) is 6.10 Å². The summed E-state index contributed by atoms with van der Waals surface area (Å²) < 4.78 is 10.7. The summed E-state index contributed by atoms with van der Waals surface area (Å²) in [5.74, 6) is -0.147. The zero-order valence-electron chi connectivity index (χ0n) is 9.52. The van der Waals surface area contributed by atoms with E-state index >= 15 is 0 Å². The highest BCUT2D eigenvalue weighted by Crippen LogP contribution is 2.06. The van der Waals surface area contributed by atoms with Crippen LogP contribution in [0.1, 0.15) is 10.4 Å². The van der Waals surface area contributed by atoms with E-state index in [0.717, 1.165) is 0 Å². The number of nitrogens with two attached hydrogens (primary N) is 1. The first-order valence-corrected chi connectivity index (χ1v) is 5.59. The number of amides is 1. The molecule has 92 valence electrons. The van der Waals surface area contributed by atoms with Crippen molar-refractivity contribution < 1.29 is 14.3 Å². The molecular formula is C12H16N2O3. The maximum atomic E-state index is 11.8. The Morgan fingerprint density at radius 1 is 1.47 bits per heavy atom. The predicted octanol–water partition coefficient (Wildman–Crippen LogP) is 0.414. The van der Waals surface area contributed by atoms with Gasteiger partial charge in [0.25, 0.3) is 5.91 Å². The van der Waals surface area contributed by atoms with E-state index in [2.05, 4.69) is 5.32 Å². The Morgan fingerprint density at radius 2 is 2.35 bits per heavy atom. The summed E-state index contributed by atoms with van der Waals surface area (Å²) in [6, 6.07) is 6.87. The Kier molecular flexibility index (Phi) is 3.95. The van der Waals surface area contributed by atoms with Gasteiger partial charge in [0.15, 0.2) is 0 Å². The van der Waals surface area contributed by atoms with Gasteiger partial charge in [0, 0.05) is 17.8 Å². The standard InChI is InChI=1S/C12H16N2O3/c13-10-3-1-2-9(6-10)12(15)14-7-11-8-16-4-5-17-11/h1-3,6,11H,4-5,7-8,13H2,(H,14,15). The number of carbonyl (C=O) groups excluding carboxylic acids is 1. The normalized spacial score (nSPS) is 19.9. The summed E-state index contributed by atoms with van der Waals surface area (Å²) in [6.07, 6.45) is -0.0613. The van der Waals surface area contributed by atoms with Gasteiger partial charge in [0.1, 0.15) is 0 Å². The summed E-state index contributed by atoms with van der Waals surface area (Å²) in [5.41, 5.74) is 6.75. The summed E-state index contributed by atoms with van der Waals surface area (Å²) in [7, 11) is 0. The van der Waals surface area contributed by atoms with Crippen LogP contribution in [-0.2, 0) is 9.47 Å². The van der Waals surface area contributed by atoms with Gasteiger partial charge in [0.05, 0.1) is 25.9 Å². The molecule has 1 aromatic rings. The largest absolute Gasteiger partial charge is 0.399 e. The second-order valence-corrected chi connectivity index (χ2v) is 3.90. The predicted molar refractivity (Wildman–Crippen MR) is 63.7 cm³/mol. The van der Waals surface area contributed by atoms with Crippen molar-refractivity contribution in [1.82, 2.24) is 5.32 Å². The van der Waals surface area contributed by atoms with Crippen LogP contribution in [0.15, 0.2) is 24.3 Å². The number of anilines is 1. The van der Waals surface area contributed by atoms with Gasteiger partial charge in [-0.25, -0.2) is 0 Å². The molecule has 1 aromatic carbocycles. The lowest BCUT2D eigenvalue weighted by atomic mass is 10.2. The van der Waals surface area contributed by atoms with Gasteiger partial charge in [-0.2, -0.15) is 0 Å². The van der Waals surface area contributed by atoms with Crippen LogP contribution in [0.5, 0.6) is 0 Å². The molecule has 1 aliphatic rings. The minimum Gasteiger partial charge on any atom is -0.399 e. The van der Waals surface area contributed by atoms with Gasteiger partial charge in [-0.15, -0.1) is 0 Å². The summed E-state index contributed by atoms with van der Waals surface area (Å²) in [5, 5.41) is 2.80. The maximum Gasteiger partial charge on any atom is 0.251 e. The van der Waals surface area contributed by atoms with E-state index in [-0.39, 0.29) is 12.0 Å². The number of nitrogens with one attached hydrogen (secondary N) is 1. The Bertz CT molecular complexity index is 389. The average molecular weight is 236 g/mol. The van der Waals surface area contributed by atoms with Crippen LogP contribution in [0.2, 0.25) is 0 Å². The van der Waals surface area contributed by atoms with Crippen molar-refractivity contribution in [2.24, 2.45) is 0 Å². The number of ether oxygens (including phenoxy) is 2. The molecule has 3 N–H and O–H groups in total. The van der Waals surface area contributed by atoms with E-state index in [1.165, 1.54) is 0 Å². The molecule has 1 atom stereocenters. The van der Waals surface area contributed by atoms with Crippen molar-refractivity contribution >= 4 is 11.6 Å². The van der Waals surface area contributed by atoms with E-state index in [0.29, 0.717) is 37.6 Å². The molecule has 1 aliphatic heterocycles. The fourth-order valence-corrected chi connectivity index (χ4v) is 1.64. The third-order valence-corrected chi connectivity index (χ3v) is 2.52. The first-order valence-electron chi connectivity index (χ1n) is 5.59. The van der Waals surface area contributed by atoms with Crippen LogP contribution in [-0.4, -0.2) is 38.4 Å². The number of rotatable bonds is 3. The summed E-state index contributed by atoms with van der Waals surface area (Å²) in [4.78, 5) is 11.8. The van der Waals surface area contributed by atoms with E-state index in [1.807, 2.05) is 0 Å². The molecule has 17 heavy (non-hydrogen) atoms. The third-order valence-electron chi connectivity index (χ3n) is 2.52. The lowest BCUT2D eigenvalue weighted by molar-refractivity contribution is -0.0855. The lowest BCUT2D eigenvalue weighted by Gasteiger charge is -2.23. The molecule has 0 radical (unpaired) electrons. The molecule has 2 rings (SSSR count). The van der Waals surface area contributed by atoms with Crippen molar-refractivity contribution in [3.8, 4) is 0 Å². The van der Waals surface area contributed by atoms with Crippen LogP contribution in [0.3, 0.4) is 0 Å². The molecule has 5 heteroatoms. The fourth-order valence-electron chi connectivity index (χ4n) is 1.64. The SMILES string of the molecule is Nc1cccc(C(=O)NCC2COCCO2)c1. The molecule has 5 nitrogen and oxygen atoms in total. The second kappa shape index (κ2) is 5.65. The van der Waals surface area contributed by atoms with Gasteiger partial charge in [-0.3, -0.25) is 4.79 Å². The van der Waals surface area contributed by atoms with E-state index < -0.39 is 0 Å². The van der Waals surface area contributed by atoms with Crippen molar-refractivity contribution in [3.05, 3.63) is 29.8 Å². The third kappa shape index (κ3) is 3.44. The topological polar surface area (TPSA) is 73.6 Å². The Labute approximate surface area is 99.9 Å². The molecule has 0 bridgehead atoms. The molecule has 0 spiro atoms. The van der Waals surface area contributed by atoms with Crippen molar-refractivity contribution in [3.63, 3.8) is 0 Å². The van der Waals surface area contributed by atoms with Gasteiger partial charge < -0.3 is 20.5 Å².